The number of phenols is 1. The molecule has 0 aliphatic heterocycles. The Bertz CT molecular complexity index is 780. The lowest BCUT2D eigenvalue weighted by molar-refractivity contribution is 0.0734. The number of phenolic OH excluding ortho intramolecular Hbond substituents is 1. The van der Waals surface area contributed by atoms with Crippen LogP contribution in [0.2, 0.25) is 0 Å². The quantitative estimate of drug-likeness (QED) is 0.238. The Morgan fingerprint density at radius 2 is 1.57 bits per heavy atom. The fourth-order valence-electron chi connectivity index (χ4n) is 2.75. The molecule has 0 atom stereocenters. The van der Waals surface area contributed by atoms with Crippen LogP contribution in [0.5, 0.6) is 17.2 Å². The van der Waals surface area contributed by atoms with Gasteiger partial charge in [0.25, 0.3) is 0 Å². The van der Waals surface area contributed by atoms with Crippen molar-refractivity contribution in [2.24, 2.45) is 0 Å². The summed E-state index contributed by atoms with van der Waals surface area (Å²) >= 11 is 0. The first-order valence-electron chi connectivity index (χ1n) is 9.86. The highest BCUT2D eigenvalue weighted by molar-refractivity contribution is 5.98. The lowest BCUT2D eigenvalue weighted by Gasteiger charge is -2.09. The van der Waals surface area contributed by atoms with Gasteiger partial charge in [-0.15, -0.1) is 0 Å². The predicted octanol–water partition coefficient (Wildman–Crippen LogP) is 5.55. The van der Waals surface area contributed by atoms with E-state index in [0.717, 1.165) is 12.8 Å². The monoisotopic (exact) mass is 384 g/mol. The number of ether oxygens (including phenoxy) is 2. The van der Waals surface area contributed by atoms with Gasteiger partial charge >= 0.3 is 5.97 Å². The highest BCUT2D eigenvalue weighted by atomic mass is 16.5. The molecule has 0 spiro atoms. The fraction of sp³-hybridized carbons (Fsp3) is 0.391. The summed E-state index contributed by atoms with van der Waals surface area (Å²) in [5, 5.41) is 9.93. The van der Waals surface area contributed by atoms with Crippen molar-refractivity contribution in [2.75, 3.05) is 6.61 Å². The van der Waals surface area contributed by atoms with Crippen molar-refractivity contribution < 1.29 is 24.2 Å². The maximum absolute atomic E-state index is 12.3. The zero-order chi connectivity index (χ0) is 20.4. The number of aromatic hydroxyl groups is 1. The summed E-state index contributed by atoms with van der Waals surface area (Å²) in [5.74, 6) is -0.00840. The maximum Gasteiger partial charge on any atom is 0.343 e. The molecule has 2 rings (SSSR count). The summed E-state index contributed by atoms with van der Waals surface area (Å²) in [6.45, 7) is 4.57. The van der Waals surface area contributed by atoms with Crippen molar-refractivity contribution in [1.82, 2.24) is 0 Å². The minimum atomic E-state index is -0.542. The van der Waals surface area contributed by atoms with Crippen molar-refractivity contribution in [1.29, 1.82) is 0 Å². The Hall–Kier alpha value is -2.82. The predicted molar refractivity (Wildman–Crippen MR) is 108 cm³/mol. The summed E-state index contributed by atoms with van der Waals surface area (Å²) in [7, 11) is 0. The molecule has 28 heavy (non-hydrogen) atoms. The van der Waals surface area contributed by atoms with Gasteiger partial charge in [-0.05, 0) is 42.8 Å². The first kappa shape index (κ1) is 21.5. The van der Waals surface area contributed by atoms with Crippen LogP contribution in [0.4, 0.5) is 0 Å². The lowest BCUT2D eigenvalue weighted by atomic mass is 10.1. The van der Waals surface area contributed by atoms with Gasteiger partial charge in [0.1, 0.15) is 17.2 Å². The number of Topliss-reactive ketones (excluding diaryl/α,β-unsaturated/α-hetero) is 1. The average Bonchev–Trinajstić information content (AvgIpc) is 2.70. The Kier molecular flexibility index (Phi) is 8.53. The molecule has 2 aromatic rings. The van der Waals surface area contributed by atoms with Gasteiger partial charge in [0.15, 0.2) is 5.78 Å². The minimum Gasteiger partial charge on any atom is -0.507 e. The van der Waals surface area contributed by atoms with Crippen molar-refractivity contribution in [3.8, 4) is 17.2 Å². The Labute approximate surface area is 166 Å². The van der Waals surface area contributed by atoms with Crippen molar-refractivity contribution in [3.05, 3.63) is 53.6 Å². The third-order valence-electron chi connectivity index (χ3n) is 4.41. The molecule has 0 unspecified atom stereocenters. The van der Waals surface area contributed by atoms with Gasteiger partial charge in [-0.25, -0.2) is 4.79 Å². The van der Waals surface area contributed by atoms with E-state index in [4.69, 9.17) is 9.47 Å². The van der Waals surface area contributed by atoms with Crippen LogP contribution in [-0.2, 0) is 0 Å². The number of carbonyl (C=O) groups excluding carboxylic acids is 2. The summed E-state index contributed by atoms with van der Waals surface area (Å²) in [5.41, 5.74) is 0.599. The van der Waals surface area contributed by atoms with Crippen LogP contribution in [-0.4, -0.2) is 23.5 Å². The fourth-order valence-corrected chi connectivity index (χ4v) is 2.75. The second-order valence-electron chi connectivity index (χ2n) is 6.63. The van der Waals surface area contributed by atoms with Gasteiger partial charge in [0.05, 0.1) is 17.7 Å². The zero-order valence-electron chi connectivity index (χ0n) is 16.6. The number of ketones is 1. The summed E-state index contributed by atoms with van der Waals surface area (Å²) in [6, 6.07) is 11.0. The lowest BCUT2D eigenvalue weighted by Crippen LogP contribution is -2.09. The van der Waals surface area contributed by atoms with Gasteiger partial charge in [0.2, 0.25) is 0 Å². The molecule has 0 saturated carbocycles. The van der Waals surface area contributed by atoms with Crippen LogP contribution < -0.4 is 9.47 Å². The molecule has 5 heteroatoms. The number of unbranched alkanes of at least 4 members (excludes halogenated alkanes) is 4. The van der Waals surface area contributed by atoms with E-state index < -0.39 is 5.97 Å². The van der Waals surface area contributed by atoms with Gasteiger partial charge in [-0.1, -0.05) is 39.5 Å². The van der Waals surface area contributed by atoms with E-state index in [1.54, 1.807) is 31.2 Å². The number of hydrogen-bond donors (Lipinski definition) is 1. The SMILES string of the molecule is CCCCCCCOc1ccc(C(=O)Oc2ccc(C(=O)CC)c(O)c2)cc1. The summed E-state index contributed by atoms with van der Waals surface area (Å²) in [4.78, 5) is 23.9. The molecule has 0 bridgehead atoms. The number of carbonyl (C=O) groups is 2. The van der Waals surface area contributed by atoms with E-state index in [1.807, 2.05) is 0 Å². The van der Waals surface area contributed by atoms with E-state index in [0.29, 0.717) is 24.3 Å². The van der Waals surface area contributed by atoms with Gasteiger partial charge in [0, 0.05) is 12.5 Å². The first-order chi connectivity index (χ1) is 13.5. The van der Waals surface area contributed by atoms with Crippen molar-refractivity contribution in [2.45, 2.75) is 52.4 Å². The second kappa shape index (κ2) is 11.1. The molecule has 1 N–H and O–H groups in total. The molecule has 0 aliphatic rings. The van der Waals surface area contributed by atoms with E-state index in [9.17, 15) is 14.7 Å². The molecular weight excluding hydrogens is 356 g/mol. The van der Waals surface area contributed by atoms with Crippen LogP contribution in [0.1, 0.15) is 73.1 Å². The highest BCUT2D eigenvalue weighted by Crippen LogP contribution is 2.25. The molecule has 0 saturated heterocycles. The molecule has 2 aromatic carbocycles. The topological polar surface area (TPSA) is 72.8 Å². The number of esters is 1. The van der Waals surface area contributed by atoms with Crippen molar-refractivity contribution in [3.63, 3.8) is 0 Å². The molecule has 150 valence electrons. The zero-order valence-corrected chi connectivity index (χ0v) is 16.6. The van der Waals surface area contributed by atoms with Gasteiger partial charge < -0.3 is 14.6 Å². The van der Waals surface area contributed by atoms with Crippen LogP contribution >= 0.6 is 0 Å². The maximum atomic E-state index is 12.3. The molecule has 0 amide bonds. The minimum absolute atomic E-state index is 0.170. The van der Waals surface area contributed by atoms with Crippen LogP contribution in [0, 0.1) is 0 Å². The van der Waals surface area contributed by atoms with Crippen LogP contribution in [0.15, 0.2) is 42.5 Å². The Morgan fingerprint density at radius 1 is 0.893 bits per heavy atom. The van der Waals surface area contributed by atoms with Crippen LogP contribution in [0.3, 0.4) is 0 Å². The first-order valence-corrected chi connectivity index (χ1v) is 9.86. The summed E-state index contributed by atoms with van der Waals surface area (Å²) in [6.07, 6.45) is 6.18. The van der Waals surface area contributed by atoms with Gasteiger partial charge in [-0.2, -0.15) is 0 Å². The highest BCUT2D eigenvalue weighted by Gasteiger charge is 2.13. The molecule has 0 radical (unpaired) electrons. The smallest absolute Gasteiger partial charge is 0.343 e. The standard InChI is InChI=1S/C23H28O5/c1-3-5-6-7-8-15-27-18-11-9-17(10-12-18)23(26)28-19-13-14-20(21(24)4-2)22(25)16-19/h9-14,16,25H,3-8,15H2,1-2H3. The summed E-state index contributed by atoms with van der Waals surface area (Å²) < 4.78 is 11.0. The van der Waals surface area contributed by atoms with Crippen molar-refractivity contribution >= 4 is 11.8 Å². The number of benzene rings is 2. The van der Waals surface area contributed by atoms with E-state index in [1.165, 1.54) is 37.5 Å². The Balaban J connectivity index is 1.87. The molecule has 0 aliphatic carbocycles. The normalized spacial score (nSPS) is 10.5. The van der Waals surface area contributed by atoms with E-state index in [2.05, 4.69) is 6.92 Å². The largest absolute Gasteiger partial charge is 0.507 e. The van der Waals surface area contributed by atoms with E-state index >= 15 is 0 Å². The van der Waals surface area contributed by atoms with Gasteiger partial charge in [-0.3, -0.25) is 4.79 Å². The molecule has 5 nitrogen and oxygen atoms in total. The number of rotatable bonds is 11. The van der Waals surface area contributed by atoms with Crippen LogP contribution in [0.25, 0.3) is 0 Å². The molecular formula is C23H28O5. The molecule has 0 heterocycles. The third-order valence-corrected chi connectivity index (χ3v) is 4.41. The Morgan fingerprint density at radius 3 is 2.21 bits per heavy atom. The molecule has 0 fully saturated rings. The number of hydrogen-bond acceptors (Lipinski definition) is 5. The average molecular weight is 384 g/mol. The van der Waals surface area contributed by atoms with E-state index in [-0.39, 0.29) is 22.8 Å². The third kappa shape index (κ3) is 6.41. The second-order valence-corrected chi connectivity index (χ2v) is 6.63. The molecule has 0 aromatic heterocycles.